The second-order valence-electron chi connectivity index (χ2n) is 13.4. The maximum atomic E-state index is 12.8. The fourth-order valence-corrected chi connectivity index (χ4v) is 9.99. The second kappa shape index (κ2) is 11.2. The van der Waals surface area contributed by atoms with Crippen LogP contribution in [0.1, 0.15) is 78.6 Å². The summed E-state index contributed by atoms with van der Waals surface area (Å²) < 4.78 is 33.1. The fraction of sp³-hybridized carbons (Fsp3) is 0.964. The van der Waals surface area contributed by atoms with Gasteiger partial charge in [-0.1, -0.05) is 20.8 Å². The summed E-state index contributed by atoms with van der Waals surface area (Å²) in [5.41, 5.74) is -0.335. The molecule has 4 aliphatic rings. The van der Waals surface area contributed by atoms with Gasteiger partial charge in [0, 0.05) is 19.5 Å². The molecule has 0 aromatic carbocycles. The number of fused-ring (bicyclic) bond motifs is 5. The van der Waals surface area contributed by atoms with Gasteiger partial charge in [0.05, 0.1) is 40.8 Å². The van der Waals surface area contributed by atoms with Gasteiger partial charge in [0.2, 0.25) is 5.91 Å². The molecule has 0 spiro atoms. The molecule has 0 unspecified atom stereocenters. The van der Waals surface area contributed by atoms with E-state index < -0.39 is 28.1 Å². The monoisotopic (exact) mass is 558 g/mol. The SMILES string of the molecule is C[C@H](CCC(=O)N(CCO)CCS(=O)(=O)[O-])[C@H]1CC[C@H]2[C@@H]3[C@H](O)C[C@@H]4C[C@H](O)CC[C@]4(C)[C@H]3C[C@H](O)[C@]12C. The Morgan fingerprint density at radius 2 is 1.76 bits per heavy atom. The molecule has 4 fully saturated rings. The number of nitrogens with zero attached hydrogens (tertiary/aromatic N) is 1. The van der Waals surface area contributed by atoms with Crippen LogP contribution < -0.4 is 0 Å². The van der Waals surface area contributed by atoms with E-state index in [2.05, 4.69) is 20.8 Å². The van der Waals surface area contributed by atoms with Crippen LogP contribution in [0.5, 0.6) is 0 Å². The molecule has 38 heavy (non-hydrogen) atoms. The van der Waals surface area contributed by atoms with Crippen LogP contribution in [0, 0.1) is 46.3 Å². The van der Waals surface area contributed by atoms with Crippen LogP contribution in [0.3, 0.4) is 0 Å². The molecule has 0 aliphatic heterocycles. The Labute approximate surface area is 227 Å². The number of amides is 1. The summed E-state index contributed by atoms with van der Waals surface area (Å²) in [5.74, 6) is 0.215. The lowest BCUT2D eigenvalue weighted by atomic mass is 9.43. The van der Waals surface area contributed by atoms with E-state index in [9.17, 15) is 38.2 Å². The molecule has 0 heterocycles. The second-order valence-corrected chi connectivity index (χ2v) is 14.9. The largest absolute Gasteiger partial charge is 0.748 e. The summed E-state index contributed by atoms with van der Waals surface area (Å²) in [6, 6.07) is 0. The van der Waals surface area contributed by atoms with Crippen molar-refractivity contribution >= 4 is 16.0 Å². The molecule has 11 atom stereocenters. The van der Waals surface area contributed by atoms with Gasteiger partial charge in [-0.2, -0.15) is 0 Å². The summed E-state index contributed by atoms with van der Waals surface area (Å²) in [4.78, 5) is 14.1. The highest BCUT2D eigenvalue weighted by molar-refractivity contribution is 7.85. The summed E-state index contributed by atoms with van der Waals surface area (Å²) in [5, 5.41) is 42.7. The zero-order valence-corrected chi connectivity index (χ0v) is 24.0. The average Bonchev–Trinajstić information content (AvgIpc) is 3.19. The molecule has 4 aliphatic carbocycles. The number of aliphatic hydroxyl groups is 4. The van der Waals surface area contributed by atoms with Crippen molar-refractivity contribution in [3.63, 3.8) is 0 Å². The smallest absolute Gasteiger partial charge is 0.222 e. The first kappa shape index (κ1) is 30.2. The Bertz CT molecular complexity index is 961. The quantitative estimate of drug-likeness (QED) is 0.312. The Kier molecular flexibility index (Phi) is 8.93. The van der Waals surface area contributed by atoms with E-state index in [0.717, 1.165) is 32.1 Å². The van der Waals surface area contributed by atoms with Crippen LogP contribution in [-0.4, -0.2) is 88.0 Å². The van der Waals surface area contributed by atoms with Gasteiger partial charge in [0.15, 0.2) is 0 Å². The maximum absolute atomic E-state index is 12.8. The zero-order chi connectivity index (χ0) is 28.0. The van der Waals surface area contributed by atoms with Crippen molar-refractivity contribution in [3.8, 4) is 0 Å². The molecular formula is C28H48NO8S-. The predicted octanol–water partition coefficient (Wildman–Crippen LogP) is 1.73. The van der Waals surface area contributed by atoms with Crippen LogP contribution in [0.15, 0.2) is 0 Å². The number of rotatable bonds is 9. The van der Waals surface area contributed by atoms with Crippen molar-refractivity contribution in [2.24, 2.45) is 46.3 Å². The average molecular weight is 559 g/mol. The minimum Gasteiger partial charge on any atom is -0.748 e. The molecule has 0 bridgehead atoms. The zero-order valence-electron chi connectivity index (χ0n) is 23.2. The third-order valence-electron chi connectivity index (χ3n) is 11.7. The standard InChI is InChI=1S/C28H49NO8S/c1-17(4-7-25(34)29(10-12-30)11-13-38(35,36)37)20-5-6-21-26-22(16-24(33)28(20,21)3)27(2)9-8-19(31)14-18(27)15-23(26)32/h17-24,26,30-33H,4-16H2,1-3H3,(H,35,36,37)/p-1/t17-,18+,19-,20-,21+,22+,23-,24+,26+,27+,28-/m1/s1. The topological polar surface area (TPSA) is 158 Å². The first-order valence-corrected chi connectivity index (χ1v) is 16.2. The number of carbonyl (C=O) groups excluding carboxylic acids is 1. The molecule has 220 valence electrons. The van der Waals surface area contributed by atoms with Gasteiger partial charge in [-0.25, -0.2) is 8.42 Å². The van der Waals surface area contributed by atoms with E-state index in [1.165, 1.54) is 4.90 Å². The molecule has 4 N–H and O–H groups in total. The molecule has 0 aromatic heterocycles. The molecule has 0 aromatic rings. The Hall–Kier alpha value is -0.780. The molecular weight excluding hydrogens is 510 g/mol. The molecule has 0 radical (unpaired) electrons. The molecule has 0 saturated heterocycles. The van der Waals surface area contributed by atoms with Gasteiger partial charge in [0.1, 0.15) is 0 Å². The van der Waals surface area contributed by atoms with Gasteiger partial charge in [0.25, 0.3) is 0 Å². The highest BCUT2D eigenvalue weighted by Gasteiger charge is 2.65. The molecule has 1 amide bonds. The van der Waals surface area contributed by atoms with E-state index in [1.807, 2.05) is 0 Å². The maximum Gasteiger partial charge on any atom is 0.222 e. The summed E-state index contributed by atoms with van der Waals surface area (Å²) in [6.45, 7) is 6.07. The van der Waals surface area contributed by atoms with Gasteiger partial charge in [-0.15, -0.1) is 0 Å². The number of carbonyl (C=O) groups is 1. The van der Waals surface area contributed by atoms with Crippen LogP contribution in [-0.2, 0) is 14.9 Å². The lowest BCUT2D eigenvalue weighted by Crippen LogP contribution is -2.62. The third kappa shape index (κ3) is 5.55. The van der Waals surface area contributed by atoms with Crippen LogP contribution in [0.4, 0.5) is 0 Å². The van der Waals surface area contributed by atoms with Crippen molar-refractivity contribution in [1.82, 2.24) is 4.90 Å². The van der Waals surface area contributed by atoms with E-state index in [0.29, 0.717) is 19.3 Å². The van der Waals surface area contributed by atoms with E-state index in [-0.39, 0.29) is 84.5 Å². The van der Waals surface area contributed by atoms with Gasteiger partial charge >= 0.3 is 0 Å². The molecule has 4 saturated carbocycles. The lowest BCUT2D eigenvalue weighted by molar-refractivity contribution is -0.207. The molecule has 9 nitrogen and oxygen atoms in total. The van der Waals surface area contributed by atoms with Gasteiger partial charge in [-0.3, -0.25) is 4.79 Å². The van der Waals surface area contributed by atoms with Gasteiger partial charge < -0.3 is 29.9 Å². The van der Waals surface area contributed by atoms with Crippen LogP contribution >= 0.6 is 0 Å². The summed E-state index contributed by atoms with van der Waals surface area (Å²) in [7, 11) is -4.46. The third-order valence-corrected chi connectivity index (χ3v) is 12.4. The first-order chi connectivity index (χ1) is 17.7. The Balaban J connectivity index is 1.45. The Morgan fingerprint density at radius 3 is 2.42 bits per heavy atom. The van der Waals surface area contributed by atoms with Crippen LogP contribution in [0.2, 0.25) is 0 Å². The minimum atomic E-state index is -4.46. The highest BCUT2D eigenvalue weighted by atomic mass is 32.2. The number of aliphatic hydroxyl groups excluding tert-OH is 4. The van der Waals surface area contributed by atoms with Crippen molar-refractivity contribution < 1.29 is 38.2 Å². The lowest BCUT2D eigenvalue weighted by Gasteiger charge is -2.63. The predicted molar refractivity (Wildman–Crippen MR) is 141 cm³/mol. The summed E-state index contributed by atoms with van der Waals surface area (Å²) >= 11 is 0. The Morgan fingerprint density at radius 1 is 1.05 bits per heavy atom. The van der Waals surface area contributed by atoms with Crippen LogP contribution in [0.25, 0.3) is 0 Å². The normalized spacial score (nSPS) is 43.6. The van der Waals surface area contributed by atoms with E-state index in [4.69, 9.17) is 0 Å². The minimum absolute atomic E-state index is 0.0115. The highest BCUT2D eigenvalue weighted by Crippen LogP contribution is 2.68. The van der Waals surface area contributed by atoms with Crippen molar-refractivity contribution in [2.75, 3.05) is 25.4 Å². The molecule has 4 rings (SSSR count). The van der Waals surface area contributed by atoms with Gasteiger partial charge in [-0.05, 0) is 97.7 Å². The number of hydrogen-bond acceptors (Lipinski definition) is 8. The van der Waals surface area contributed by atoms with Crippen molar-refractivity contribution in [1.29, 1.82) is 0 Å². The number of hydrogen-bond donors (Lipinski definition) is 4. The first-order valence-electron chi connectivity index (χ1n) is 14.6. The fourth-order valence-electron chi connectivity index (χ4n) is 9.55. The van der Waals surface area contributed by atoms with E-state index in [1.54, 1.807) is 0 Å². The molecule has 10 heteroatoms. The van der Waals surface area contributed by atoms with Crippen molar-refractivity contribution in [3.05, 3.63) is 0 Å². The van der Waals surface area contributed by atoms with Crippen molar-refractivity contribution in [2.45, 2.75) is 96.9 Å². The van der Waals surface area contributed by atoms with E-state index >= 15 is 0 Å². The summed E-state index contributed by atoms with van der Waals surface area (Å²) in [6.07, 6.45) is 5.22.